The maximum atomic E-state index is 10.6. The Bertz CT molecular complexity index is 553. The normalized spacial score (nSPS) is 11.9. The van der Waals surface area contributed by atoms with E-state index in [1.807, 2.05) is 24.3 Å². The first-order valence-corrected chi connectivity index (χ1v) is 6.56. The fourth-order valence-electron chi connectivity index (χ4n) is 1.63. The topological polar surface area (TPSA) is 132 Å². The zero-order valence-electron chi connectivity index (χ0n) is 12.3. The van der Waals surface area contributed by atoms with Gasteiger partial charge in [-0.25, -0.2) is 0 Å². The molecule has 0 saturated carbocycles. The zero-order valence-corrected chi connectivity index (χ0v) is 13.1. The van der Waals surface area contributed by atoms with Crippen LogP contribution in [0.25, 0.3) is 0 Å². The summed E-state index contributed by atoms with van der Waals surface area (Å²) in [6, 6.07) is 16.2. The quantitative estimate of drug-likeness (QED) is 0.668. The van der Waals surface area contributed by atoms with E-state index in [9.17, 15) is 9.59 Å². The molecule has 0 aromatic heterocycles. The number of halogens is 1. The van der Waals surface area contributed by atoms with Crippen LogP contribution in [-0.2, 0) is 9.59 Å². The second kappa shape index (κ2) is 10.3. The van der Waals surface area contributed by atoms with Crippen molar-refractivity contribution in [3.8, 4) is 0 Å². The lowest BCUT2D eigenvalue weighted by molar-refractivity contribution is -0.138. The molecule has 1 amide bonds. The van der Waals surface area contributed by atoms with Crippen LogP contribution >= 0.6 is 12.4 Å². The number of carboxylic acids is 1. The predicted molar refractivity (Wildman–Crippen MR) is 90.8 cm³/mol. The summed E-state index contributed by atoms with van der Waals surface area (Å²) >= 11 is 0. The first-order chi connectivity index (χ1) is 10.4. The van der Waals surface area contributed by atoms with Crippen molar-refractivity contribution in [2.75, 3.05) is 0 Å². The highest BCUT2D eigenvalue weighted by Crippen LogP contribution is 2.08. The maximum absolute atomic E-state index is 10.6. The van der Waals surface area contributed by atoms with E-state index in [2.05, 4.69) is 0 Å². The van der Waals surface area contributed by atoms with Crippen LogP contribution in [0.3, 0.4) is 0 Å². The SMILES string of the molecule is Cl.NC(=O)[C@H](N)c1ccccc1.N[C@@H](C(=O)O)c1ccccc1. The third kappa shape index (κ3) is 6.92. The third-order valence-electron chi connectivity index (χ3n) is 2.89. The third-order valence-corrected chi connectivity index (χ3v) is 2.89. The average molecular weight is 338 g/mol. The summed E-state index contributed by atoms with van der Waals surface area (Å²) in [4.78, 5) is 21.0. The predicted octanol–water partition coefficient (Wildman–Crippen LogP) is 1.36. The first kappa shape index (κ1) is 20.6. The zero-order chi connectivity index (χ0) is 16.5. The molecule has 0 heterocycles. The molecule has 0 radical (unpaired) electrons. The Hall–Kier alpha value is -2.41. The van der Waals surface area contributed by atoms with Crippen molar-refractivity contribution >= 4 is 24.3 Å². The smallest absolute Gasteiger partial charge is 0.325 e. The fraction of sp³-hybridized carbons (Fsp3) is 0.125. The molecule has 2 aromatic rings. The second-order valence-electron chi connectivity index (χ2n) is 4.52. The average Bonchev–Trinajstić information content (AvgIpc) is 2.55. The molecule has 23 heavy (non-hydrogen) atoms. The van der Waals surface area contributed by atoms with Crippen molar-refractivity contribution < 1.29 is 14.7 Å². The van der Waals surface area contributed by atoms with Crippen LogP contribution in [0, 0.1) is 0 Å². The summed E-state index contributed by atoms with van der Waals surface area (Å²) in [5.74, 6) is -1.51. The van der Waals surface area contributed by atoms with Gasteiger partial charge >= 0.3 is 5.97 Å². The molecular weight excluding hydrogens is 318 g/mol. The highest BCUT2D eigenvalue weighted by molar-refractivity contribution is 5.85. The molecule has 2 atom stereocenters. The van der Waals surface area contributed by atoms with E-state index in [-0.39, 0.29) is 12.4 Å². The van der Waals surface area contributed by atoms with E-state index in [0.29, 0.717) is 5.56 Å². The van der Waals surface area contributed by atoms with Gasteiger partial charge in [-0.15, -0.1) is 12.4 Å². The van der Waals surface area contributed by atoms with Crippen LogP contribution in [0.4, 0.5) is 0 Å². The van der Waals surface area contributed by atoms with Gasteiger partial charge in [0.15, 0.2) is 0 Å². The largest absolute Gasteiger partial charge is 0.480 e. The van der Waals surface area contributed by atoms with Gasteiger partial charge in [-0.2, -0.15) is 0 Å². The molecule has 6 nitrogen and oxygen atoms in total. The van der Waals surface area contributed by atoms with Crippen LogP contribution in [0.1, 0.15) is 23.2 Å². The Balaban J connectivity index is 0.000000403. The lowest BCUT2D eigenvalue weighted by Crippen LogP contribution is -2.27. The Morgan fingerprint density at radius 3 is 1.43 bits per heavy atom. The monoisotopic (exact) mass is 337 g/mol. The molecule has 0 aliphatic carbocycles. The van der Waals surface area contributed by atoms with E-state index >= 15 is 0 Å². The molecule has 0 spiro atoms. The Morgan fingerprint density at radius 1 is 0.783 bits per heavy atom. The van der Waals surface area contributed by atoms with Crippen molar-refractivity contribution in [1.29, 1.82) is 0 Å². The number of amides is 1. The number of aliphatic carboxylic acids is 1. The Kier molecular flexibility index (Phi) is 9.26. The van der Waals surface area contributed by atoms with Crippen LogP contribution in [-0.4, -0.2) is 17.0 Å². The number of hydrogen-bond donors (Lipinski definition) is 4. The van der Waals surface area contributed by atoms with Crippen molar-refractivity contribution in [2.24, 2.45) is 17.2 Å². The van der Waals surface area contributed by atoms with E-state index in [0.717, 1.165) is 5.56 Å². The lowest BCUT2D eigenvalue weighted by atomic mass is 10.1. The summed E-state index contributed by atoms with van der Waals surface area (Å²) in [5.41, 5.74) is 17.2. The second-order valence-corrected chi connectivity index (χ2v) is 4.52. The molecule has 0 bridgehead atoms. The van der Waals surface area contributed by atoms with Gasteiger partial charge < -0.3 is 22.3 Å². The summed E-state index contributed by atoms with van der Waals surface area (Å²) in [7, 11) is 0. The minimum absolute atomic E-state index is 0. The molecule has 0 fully saturated rings. The minimum Gasteiger partial charge on any atom is -0.480 e. The lowest BCUT2D eigenvalue weighted by Gasteiger charge is -2.05. The Labute approximate surface area is 140 Å². The first-order valence-electron chi connectivity index (χ1n) is 6.56. The number of primary amides is 1. The number of hydrogen-bond acceptors (Lipinski definition) is 4. The number of rotatable bonds is 4. The summed E-state index contributed by atoms with van der Waals surface area (Å²) < 4.78 is 0. The van der Waals surface area contributed by atoms with Gasteiger partial charge in [-0.3, -0.25) is 9.59 Å². The molecular formula is C16H20ClN3O3. The van der Waals surface area contributed by atoms with Gasteiger partial charge in [0.1, 0.15) is 12.1 Å². The van der Waals surface area contributed by atoms with Crippen LogP contribution < -0.4 is 17.2 Å². The minimum atomic E-state index is -1.00. The van der Waals surface area contributed by atoms with E-state index < -0.39 is 24.0 Å². The van der Waals surface area contributed by atoms with Crippen LogP contribution in [0.5, 0.6) is 0 Å². The fourth-order valence-corrected chi connectivity index (χ4v) is 1.63. The maximum Gasteiger partial charge on any atom is 0.325 e. The van der Waals surface area contributed by atoms with Gasteiger partial charge in [-0.05, 0) is 11.1 Å². The number of carboxylic acid groups (broad SMARTS) is 1. The van der Waals surface area contributed by atoms with Crippen LogP contribution in [0.2, 0.25) is 0 Å². The molecule has 0 aliphatic rings. The number of nitrogens with two attached hydrogens (primary N) is 3. The van der Waals surface area contributed by atoms with Crippen molar-refractivity contribution in [3.05, 3.63) is 71.8 Å². The molecule has 2 rings (SSSR count). The van der Waals surface area contributed by atoms with Crippen molar-refractivity contribution in [2.45, 2.75) is 12.1 Å². The van der Waals surface area contributed by atoms with Crippen molar-refractivity contribution in [1.82, 2.24) is 0 Å². The molecule has 7 N–H and O–H groups in total. The summed E-state index contributed by atoms with van der Waals surface area (Å²) in [6.45, 7) is 0. The molecule has 0 aliphatic heterocycles. The molecule has 7 heteroatoms. The standard InChI is InChI=1S/C8H10N2O.C8H9NO2.ClH/c2*9-7(8(10)11)6-4-2-1-3-5-6;/h1-5,7H,9H2,(H2,10,11);1-5,7H,9H2,(H,10,11);1H/t2*7-;/m11./s1. The highest BCUT2D eigenvalue weighted by Gasteiger charge is 2.12. The Morgan fingerprint density at radius 2 is 1.13 bits per heavy atom. The number of carbonyl (C=O) groups is 2. The van der Waals surface area contributed by atoms with Gasteiger partial charge in [0, 0.05) is 0 Å². The summed E-state index contributed by atoms with van der Waals surface area (Å²) in [6.07, 6.45) is 0. The number of benzene rings is 2. The summed E-state index contributed by atoms with van der Waals surface area (Å²) in [5, 5.41) is 8.51. The molecule has 0 unspecified atom stereocenters. The van der Waals surface area contributed by atoms with Gasteiger partial charge in [0.2, 0.25) is 5.91 Å². The van der Waals surface area contributed by atoms with E-state index in [1.54, 1.807) is 36.4 Å². The van der Waals surface area contributed by atoms with Crippen LogP contribution in [0.15, 0.2) is 60.7 Å². The van der Waals surface area contributed by atoms with E-state index in [1.165, 1.54) is 0 Å². The molecule has 0 saturated heterocycles. The molecule has 124 valence electrons. The highest BCUT2D eigenvalue weighted by atomic mass is 35.5. The van der Waals surface area contributed by atoms with Crippen molar-refractivity contribution in [3.63, 3.8) is 0 Å². The van der Waals surface area contributed by atoms with E-state index in [4.69, 9.17) is 22.3 Å². The van der Waals surface area contributed by atoms with Gasteiger partial charge in [-0.1, -0.05) is 60.7 Å². The number of carbonyl (C=O) groups excluding carboxylic acids is 1. The van der Waals surface area contributed by atoms with Gasteiger partial charge in [0.25, 0.3) is 0 Å². The molecule has 2 aromatic carbocycles. The van der Waals surface area contributed by atoms with Gasteiger partial charge in [0.05, 0.1) is 0 Å².